The van der Waals surface area contributed by atoms with Gasteiger partial charge in [0, 0.05) is 11.0 Å². The Balaban J connectivity index is 2.00. The van der Waals surface area contributed by atoms with Gasteiger partial charge in [-0.05, 0) is 53.2 Å². The predicted molar refractivity (Wildman–Crippen MR) is 103 cm³/mol. The minimum absolute atomic E-state index is 0.256. The summed E-state index contributed by atoms with van der Waals surface area (Å²) in [6, 6.07) is 15.1. The van der Waals surface area contributed by atoms with Gasteiger partial charge in [0.1, 0.15) is 0 Å². The molecule has 0 aliphatic heterocycles. The van der Waals surface area contributed by atoms with E-state index >= 15 is 0 Å². The van der Waals surface area contributed by atoms with Crippen molar-refractivity contribution in [3.63, 3.8) is 0 Å². The molecule has 0 aliphatic rings. The van der Waals surface area contributed by atoms with E-state index in [9.17, 15) is 4.79 Å². The Kier molecular flexibility index (Phi) is 5.57. The largest absolute Gasteiger partial charge is 0.351 e. The smallest absolute Gasteiger partial charge is 0.273 e. The maximum Gasteiger partial charge on any atom is 0.273 e. The van der Waals surface area contributed by atoms with Gasteiger partial charge in [0.25, 0.3) is 5.91 Å². The first-order valence-corrected chi connectivity index (χ1v) is 8.75. The quantitative estimate of drug-likeness (QED) is 0.553. The summed E-state index contributed by atoms with van der Waals surface area (Å²) < 4.78 is 0.874. The number of para-hydroxylation sites is 3. The molecule has 6 nitrogen and oxygen atoms in total. The van der Waals surface area contributed by atoms with E-state index in [1.807, 2.05) is 48.5 Å². The van der Waals surface area contributed by atoms with Gasteiger partial charge >= 0.3 is 0 Å². The SMILES string of the molecule is NCCCNC(=O)c1nc2ccccc2nc1Nc1ccccc1Br. The topological polar surface area (TPSA) is 92.9 Å². The number of hydrogen-bond acceptors (Lipinski definition) is 5. The molecule has 0 radical (unpaired) electrons. The van der Waals surface area contributed by atoms with Crippen LogP contribution in [0.25, 0.3) is 11.0 Å². The number of nitrogens with two attached hydrogens (primary N) is 1. The summed E-state index contributed by atoms with van der Waals surface area (Å²) in [4.78, 5) is 21.6. The van der Waals surface area contributed by atoms with E-state index in [1.165, 1.54) is 0 Å². The zero-order valence-corrected chi connectivity index (χ0v) is 15.1. The van der Waals surface area contributed by atoms with Gasteiger partial charge in [-0.15, -0.1) is 0 Å². The molecule has 1 amide bonds. The van der Waals surface area contributed by atoms with Gasteiger partial charge in [0.15, 0.2) is 11.5 Å². The summed E-state index contributed by atoms with van der Waals surface area (Å²) >= 11 is 3.49. The van der Waals surface area contributed by atoms with Crippen LogP contribution < -0.4 is 16.4 Å². The highest BCUT2D eigenvalue weighted by Gasteiger charge is 2.17. The first kappa shape index (κ1) is 17.3. The van der Waals surface area contributed by atoms with Crippen molar-refractivity contribution in [2.45, 2.75) is 6.42 Å². The molecule has 4 N–H and O–H groups in total. The Labute approximate surface area is 154 Å². The van der Waals surface area contributed by atoms with Crippen molar-refractivity contribution in [1.82, 2.24) is 15.3 Å². The lowest BCUT2D eigenvalue weighted by Crippen LogP contribution is -2.28. The number of benzene rings is 2. The summed E-state index contributed by atoms with van der Waals surface area (Å²) in [5.41, 5.74) is 7.93. The fourth-order valence-electron chi connectivity index (χ4n) is 2.32. The fraction of sp³-hybridized carbons (Fsp3) is 0.167. The van der Waals surface area contributed by atoms with E-state index in [4.69, 9.17) is 5.73 Å². The number of rotatable bonds is 6. The second-order valence-electron chi connectivity index (χ2n) is 5.41. The van der Waals surface area contributed by atoms with E-state index in [0.29, 0.717) is 30.8 Å². The Hall–Kier alpha value is -2.51. The number of nitrogens with one attached hydrogen (secondary N) is 2. The highest BCUT2D eigenvalue weighted by atomic mass is 79.9. The van der Waals surface area contributed by atoms with Crippen LogP contribution in [-0.2, 0) is 0 Å². The number of fused-ring (bicyclic) bond motifs is 1. The lowest BCUT2D eigenvalue weighted by Gasteiger charge is -2.13. The summed E-state index contributed by atoms with van der Waals surface area (Å²) in [5, 5.41) is 6.03. The summed E-state index contributed by atoms with van der Waals surface area (Å²) in [6.07, 6.45) is 0.708. The Bertz CT molecular complexity index is 900. The molecule has 0 saturated heterocycles. The van der Waals surface area contributed by atoms with E-state index in [0.717, 1.165) is 15.7 Å². The number of hydrogen-bond donors (Lipinski definition) is 3. The molecule has 1 aromatic heterocycles. The first-order chi connectivity index (χ1) is 12.2. The molecule has 2 aromatic carbocycles. The van der Waals surface area contributed by atoms with Crippen LogP contribution in [0.4, 0.5) is 11.5 Å². The van der Waals surface area contributed by atoms with Crippen molar-refractivity contribution in [3.8, 4) is 0 Å². The van der Waals surface area contributed by atoms with Crippen molar-refractivity contribution in [2.75, 3.05) is 18.4 Å². The molecule has 0 saturated carbocycles. The highest BCUT2D eigenvalue weighted by molar-refractivity contribution is 9.10. The number of nitrogens with zero attached hydrogens (tertiary/aromatic N) is 2. The average molecular weight is 400 g/mol. The van der Waals surface area contributed by atoms with E-state index in [-0.39, 0.29) is 11.6 Å². The third-order valence-corrected chi connectivity index (χ3v) is 4.27. The lowest BCUT2D eigenvalue weighted by molar-refractivity contribution is 0.0949. The highest BCUT2D eigenvalue weighted by Crippen LogP contribution is 2.26. The van der Waals surface area contributed by atoms with Gasteiger partial charge in [-0.3, -0.25) is 4.79 Å². The zero-order chi connectivity index (χ0) is 17.6. The van der Waals surface area contributed by atoms with Crippen molar-refractivity contribution in [2.24, 2.45) is 5.73 Å². The number of aromatic nitrogens is 2. The van der Waals surface area contributed by atoms with Crippen LogP contribution in [0.1, 0.15) is 16.9 Å². The molecule has 3 rings (SSSR count). The van der Waals surface area contributed by atoms with Gasteiger partial charge in [-0.2, -0.15) is 0 Å². The second kappa shape index (κ2) is 8.04. The molecule has 0 fully saturated rings. The maximum absolute atomic E-state index is 12.6. The molecule has 0 atom stereocenters. The Morgan fingerprint density at radius 3 is 2.44 bits per heavy atom. The van der Waals surface area contributed by atoms with Crippen LogP contribution in [0.2, 0.25) is 0 Å². The van der Waals surface area contributed by atoms with E-state index in [2.05, 4.69) is 36.5 Å². The van der Waals surface area contributed by atoms with E-state index in [1.54, 1.807) is 0 Å². The van der Waals surface area contributed by atoms with Crippen molar-refractivity contribution >= 4 is 44.4 Å². The molecule has 0 aliphatic carbocycles. The molecule has 25 heavy (non-hydrogen) atoms. The second-order valence-corrected chi connectivity index (χ2v) is 6.27. The van der Waals surface area contributed by atoms with Gasteiger partial charge < -0.3 is 16.4 Å². The number of anilines is 2. The van der Waals surface area contributed by atoms with Crippen molar-refractivity contribution < 1.29 is 4.79 Å². The zero-order valence-electron chi connectivity index (χ0n) is 13.5. The number of halogens is 1. The Morgan fingerprint density at radius 1 is 1.04 bits per heavy atom. The van der Waals surface area contributed by atoms with Crippen LogP contribution in [0, 0.1) is 0 Å². The van der Waals surface area contributed by atoms with E-state index < -0.39 is 0 Å². The molecular weight excluding hydrogens is 382 g/mol. The van der Waals surface area contributed by atoms with Crippen LogP contribution >= 0.6 is 15.9 Å². The third-order valence-electron chi connectivity index (χ3n) is 3.58. The Morgan fingerprint density at radius 2 is 1.72 bits per heavy atom. The molecule has 3 aromatic rings. The molecular formula is C18H18BrN5O. The fourth-order valence-corrected chi connectivity index (χ4v) is 2.71. The molecule has 0 unspecified atom stereocenters. The van der Waals surface area contributed by atoms with Crippen LogP contribution in [-0.4, -0.2) is 29.0 Å². The maximum atomic E-state index is 12.6. The third kappa shape index (κ3) is 4.12. The number of carbonyl (C=O) groups is 1. The van der Waals surface area contributed by atoms with Gasteiger partial charge in [-0.25, -0.2) is 9.97 Å². The van der Waals surface area contributed by atoms with Gasteiger partial charge in [0.2, 0.25) is 0 Å². The molecule has 1 heterocycles. The first-order valence-electron chi connectivity index (χ1n) is 7.95. The molecule has 7 heteroatoms. The minimum Gasteiger partial charge on any atom is -0.351 e. The van der Waals surface area contributed by atoms with Crippen LogP contribution in [0.15, 0.2) is 53.0 Å². The molecule has 0 bridgehead atoms. The molecule has 0 spiro atoms. The summed E-state index contributed by atoms with van der Waals surface area (Å²) in [5.74, 6) is 0.136. The number of carbonyl (C=O) groups excluding carboxylic acids is 1. The number of amides is 1. The van der Waals surface area contributed by atoms with Crippen LogP contribution in [0.3, 0.4) is 0 Å². The molecule has 128 valence electrons. The van der Waals surface area contributed by atoms with Gasteiger partial charge in [-0.1, -0.05) is 24.3 Å². The van der Waals surface area contributed by atoms with Gasteiger partial charge in [0.05, 0.1) is 16.7 Å². The summed E-state index contributed by atoms with van der Waals surface area (Å²) in [6.45, 7) is 1.02. The van der Waals surface area contributed by atoms with Crippen molar-refractivity contribution in [3.05, 3.63) is 58.7 Å². The monoisotopic (exact) mass is 399 g/mol. The lowest BCUT2D eigenvalue weighted by atomic mass is 10.2. The van der Waals surface area contributed by atoms with Crippen molar-refractivity contribution in [1.29, 1.82) is 0 Å². The van der Waals surface area contributed by atoms with Crippen LogP contribution in [0.5, 0.6) is 0 Å². The standard InChI is InChI=1S/C18H18BrN5O/c19-12-6-1-2-7-13(12)23-17-16(18(25)21-11-5-10-20)22-14-8-3-4-9-15(14)24-17/h1-4,6-9H,5,10-11,20H2,(H,21,25)(H,23,24). The predicted octanol–water partition coefficient (Wildman–Crippen LogP) is 3.21. The minimum atomic E-state index is -0.277. The normalized spacial score (nSPS) is 10.6. The summed E-state index contributed by atoms with van der Waals surface area (Å²) in [7, 11) is 0. The average Bonchev–Trinajstić information content (AvgIpc) is 2.63.